The summed E-state index contributed by atoms with van der Waals surface area (Å²) in [5.41, 5.74) is 0.531. The van der Waals surface area contributed by atoms with Gasteiger partial charge in [-0.2, -0.15) is 0 Å². The van der Waals surface area contributed by atoms with Gasteiger partial charge in [0.2, 0.25) is 0 Å². The molecule has 1 atom stereocenters. The molecule has 1 aliphatic rings. The molecule has 1 unspecified atom stereocenters. The average Bonchev–Trinajstić information content (AvgIpc) is 2.67. The van der Waals surface area contributed by atoms with Crippen LogP contribution in [0.15, 0.2) is 36.4 Å². The maximum Gasteiger partial charge on any atom is 0.326 e. The number of hydrogen-bond donors (Lipinski definition) is 1. The first-order chi connectivity index (χ1) is 9.50. The quantitative estimate of drug-likeness (QED) is 0.845. The van der Waals surface area contributed by atoms with Crippen molar-refractivity contribution in [3.63, 3.8) is 0 Å². The molecule has 0 fully saturated rings. The van der Waals surface area contributed by atoms with Crippen LogP contribution in [0.1, 0.15) is 27.6 Å². The molecular weight excluding hydrogens is 258 g/mol. The molecule has 20 heavy (non-hydrogen) atoms. The molecule has 0 aromatic heterocycles. The monoisotopic (exact) mass is 269 g/mol. The Labute approximate surface area is 114 Å². The van der Waals surface area contributed by atoms with Crippen LogP contribution >= 0.6 is 0 Å². The number of carbonyl (C=O) groups is 3. The first kappa shape index (κ1) is 12.3. The lowest BCUT2D eigenvalue weighted by Crippen LogP contribution is -2.42. The van der Waals surface area contributed by atoms with E-state index >= 15 is 0 Å². The number of imide groups is 1. The van der Waals surface area contributed by atoms with E-state index in [2.05, 4.69) is 0 Å². The normalized spacial score (nSPS) is 15.6. The molecule has 100 valence electrons. The third-order valence-electron chi connectivity index (χ3n) is 3.53. The Morgan fingerprint density at radius 2 is 1.50 bits per heavy atom. The van der Waals surface area contributed by atoms with Gasteiger partial charge in [0.05, 0.1) is 11.1 Å². The number of aliphatic carboxylic acids is 1. The first-order valence-corrected chi connectivity index (χ1v) is 6.14. The molecule has 2 aromatic rings. The van der Waals surface area contributed by atoms with Gasteiger partial charge in [0.15, 0.2) is 0 Å². The zero-order valence-corrected chi connectivity index (χ0v) is 10.7. The molecule has 0 radical (unpaired) electrons. The van der Waals surface area contributed by atoms with Crippen molar-refractivity contribution < 1.29 is 19.5 Å². The Hall–Kier alpha value is -2.69. The number of carboxylic acid groups (broad SMARTS) is 1. The summed E-state index contributed by atoms with van der Waals surface area (Å²) in [5, 5.41) is 10.7. The van der Waals surface area contributed by atoms with Gasteiger partial charge < -0.3 is 5.11 Å². The number of carboxylic acids is 1. The maximum absolute atomic E-state index is 12.2. The van der Waals surface area contributed by atoms with E-state index in [1.807, 2.05) is 24.3 Å². The fourth-order valence-electron chi connectivity index (χ4n) is 2.41. The van der Waals surface area contributed by atoms with E-state index in [0.717, 1.165) is 15.7 Å². The minimum Gasteiger partial charge on any atom is -0.480 e. The second-order valence-electron chi connectivity index (χ2n) is 4.74. The largest absolute Gasteiger partial charge is 0.480 e. The Bertz CT molecular complexity index is 711. The SMILES string of the molecule is CC(C(=O)O)N1C(=O)c2cc3ccccc3cc2C1=O. The number of carbonyl (C=O) groups excluding carboxylic acids is 2. The van der Waals surface area contributed by atoms with Gasteiger partial charge in [-0.1, -0.05) is 24.3 Å². The third kappa shape index (κ3) is 1.60. The molecule has 2 aromatic carbocycles. The highest BCUT2D eigenvalue weighted by Gasteiger charge is 2.41. The van der Waals surface area contributed by atoms with Crippen LogP contribution in [0.4, 0.5) is 0 Å². The van der Waals surface area contributed by atoms with Gasteiger partial charge in [0, 0.05) is 0 Å². The molecule has 0 aliphatic carbocycles. The smallest absolute Gasteiger partial charge is 0.326 e. The summed E-state index contributed by atoms with van der Waals surface area (Å²) in [6.45, 7) is 1.32. The Balaban J connectivity index is 2.18. The van der Waals surface area contributed by atoms with E-state index in [1.165, 1.54) is 6.92 Å². The lowest BCUT2D eigenvalue weighted by molar-refractivity contribution is -0.140. The molecule has 1 N–H and O–H groups in total. The molecule has 0 saturated heterocycles. The van der Waals surface area contributed by atoms with Crippen molar-refractivity contribution in [2.24, 2.45) is 0 Å². The van der Waals surface area contributed by atoms with Crippen LogP contribution in [0.25, 0.3) is 10.8 Å². The van der Waals surface area contributed by atoms with Crippen LogP contribution in [-0.4, -0.2) is 33.8 Å². The van der Waals surface area contributed by atoms with Crippen LogP contribution in [0, 0.1) is 0 Å². The molecule has 1 heterocycles. The summed E-state index contributed by atoms with van der Waals surface area (Å²) >= 11 is 0. The fourth-order valence-corrected chi connectivity index (χ4v) is 2.41. The van der Waals surface area contributed by atoms with Gasteiger partial charge in [-0.05, 0) is 29.8 Å². The average molecular weight is 269 g/mol. The lowest BCUT2D eigenvalue weighted by atomic mass is 10.0. The number of amides is 2. The van der Waals surface area contributed by atoms with E-state index in [4.69, 9.17) is 5.11 Å². The highest BCUT2D eigenvalue weighted by Crippen LogP contribution is 2.29. The van der Waals surface area contributed by atoms with Crippen molar-refractivity contribution in [3.05, 3.63) is 47.5 Å². The molecule has 0 bridgehead atoms. The predicted molar refractivity (Wildman–Crippen MR) is 71.5 cm³/mol. The number of rotatable bonds is 2. The number of nitrogens with zero attached hydrogens (tertiary/aromatic N) is 1. The zero-order chi connectivity index (χ0) is 14.4. The van der Waals surface area contributed by atoms with Crippen LogP contribution in [-0.2, 0) is 4.79 Å². The van der Waals surface area contributed by atoms with Gasteiger partial charge in [-0.15, -0.1) is 0 Å². The summed E-state index contributed by atoms with van der Waals surface area (Å²) in [7, 11) is 0. The third-order valence-corrected chi connectivity index (χ3v) is 3.53. The van der Waals surface area contributed by atoms with E-state index < -0.39 is 23.8 Å². The van der Waals surface area contributed by atoms with Crippen molar-refractivity contribution in [2.75, 3.05) is 0 Å². The van der Waals surface area contributed by atoms with Crippen molar-refractivity contribution in [2.45, 2.75) is 13.0 Å². The summed E-state index contributed by atoms with van der Waals surface area (Å²) in [5.74, 6) is -2.31. The van der Waals surface area contributed by atoms with Gasteiger partial charge >= 0.3 is 5.97 Å². The van der Waals surface area contributed by atoms with E-state index in [1.54, 1.807) is 12.1 Å². The minimum atomic E-state index is -1.20. The summed E-state index contributed by atoms with van der Waals surface area (Å²) < 4.78 is 0. The van der Waals surface area contributed by atoms with Crippen LogP contribution in [0.3, 0.4) is 0 Å². The molecule has 3 rings (SSSR count). The summed E-state index contributed by atoms with van der Waals surface area (Å²) in [6, 6.07) is 9.47. The molecule has 0 saturated carbocycles. The Kier molecular flexibility index (Phi) is 2.57. The molecule has 2 amide bonds. The second kappa shape index (κ2) is 4.16. The van der Waals surface area contributed by atoms with E-state index in [9.17, 15) is 14.4 Å². The Morgan fingerprint density at radius 1 is 1.05 bits per heavy atom. The van der Waals surface area contributed by atoms with Gasteiger partial charge in [0.1, 0.15) is 6.04 Å². The highest BCUT2D eigenvalue weighted by molar-refractivity contribution is 6.24. The van der Waals surface area contributed by atoms with Crippen molar-refractivity contribution in [3.8, 4) is 0 Å². The van der Waals surface area contributed by atoms with E-state index in [-0.39, 0.29) is 11.1 Å². The first-order valence-electron chi connectivity index (χ1n) is 6.14. The van der Waals surface area contributed by atoms with Crippen molar-refractivity contribution in [1.29, 1.82) is 0 Å². The zero-order valence-electron chi connectivity index (χ0n) is 10.7. The van der Waals surface area contributed by atoms with Gasteiger partial charge in [-0.3, -0.25) is 14.5 Å². The molecule has 5 heteroatoms. The van der Waals surface area contributed by atoms with Crippen LogP contribution in [0.2, 0.25) is 0 Å². The van der Waals surface area contributed by atoms with Crippen molar-refractivity contribution >= 4 is 28.6 Å². The summed E-state index contributed by atoms with van der Waals surface area (Å²) in [4.78, 5) is 36.3. The van der Waals surface area contributed by atoms with E-state index in [0.29, 0.717) is 0 Å². The molecular formula is C15H11NO4. The number of fused-ring (bicyclic) bond motifs is 2. The second-order valence-corrected chi connectivity index (χ2v) is 4.74. The van der Waals surface area contributed by atoms with Gasteiger partial charge in [-0.25, -0.2) is 4.79 Å². The van der Waals surface area contributed by atoms with Crippen LogP contribution in [0.5, 0.6) is 0 Å². The molecule has 5 nitrogen and oxygen atoms in total. The van der Waals surface area contributed by atoms with Crippen molar-refractivity contribution in [1.82, 2.24) is 4.90 Å². The number of hydrogen-bond acceptors (Lipinski definition) is 3. The standard InChI is InChI=1S/C15H11NO4/c1-8(15(19)20)16-13(17)11-6-9-4-2-3-5-10(9)7-12(11)14(16)18/h2-8H,1H3,(H,19,20). The summed E-state index contributed by atoms with van der Waals surface area (Å²) in [6.07, 6.45) is 0. The Morgan fingerprint density at radius 3 is 1.90 bits per heavy atom. The molecule has 0 spiro atoms. The fraction of sp³-hybridized carbons (Fsp3) is 0.133. The molecule has 1 aliphatic heterocycles. The topological polar surface area (TPSA) is 74.7 Å². The number of benzene rings is 2. The predicted octanol–water partition coefficient (Wildman–Crippen LogP) is 1.91. The minimum absolute atomic E-state index is 0.266. The lowest BCUT2D eigenvalue weighted by Gasteiger charge is -2.17. The van der Waals surface area contributed by atoms with Gasteiger partial charge in [0.25, 0.3) is 11.8 Å². The highest BCUT2D eigenvalue weighted by atomic mass is 16.4. The van der Waals surface area contributed by atoms with Crippen LogP contribution < -0.4 is 0 Å². The maximum atomic E-state index is 12.2.